The second kappa shape index (κ2) is 4.93. The molecule has 2 aliphatic carbocycles. The lowest BCUT2D eigenvalue weighted by molar-refractivity contribution is 0.651. The van der Waals surface area contributed by atoms with Crippen molar-refractivity contribution in [3.05, 3.63) is 81.4 Å². The molecule has 2 aliphatic rings. The van der Waals surface area contributed by atoms with Crippen LogP contribution < -0.4 is 0 Å². The molecule has 0 bridgehead atoms. The zero-order valence-electron chi connectivity index (χ0n) is 17.5. The molecule has 0 fully saturated rings. The second-order valence-corrected chi connectivity index (χ2v) is 9.70. The fraction of sp³-hybridized carbons (Fsp3) is 0.333. The third-order valence-corrected chi connectivity index (χ3v) is 7.14. The van der Waals surface area contributed by atoms with Crippen molar-refractivity contribution in [2.24, 2.45) is 0 Å². The Balaban J connectivity index is 1.89. The molecule has 0 heteroatoms. The van der Waals surface area contributed by atoms with Crippen molar-refractivity contribution in [3.63, 3.8) is 0 Å². The molecule has 0 saturated heterocycles. The van der Waals surface area contributed by atoms with Crippen LogP contribution in [0.1, 0.15) is 66.6 Å². The van der Waals surface area contributed by atoms with Gasteiger partial charge in [0.1, 0.15) is 0 Å². The highest BCUT2D eigenvalue weighted by Crippen LogP contribution is 2.57. The first-order valence-electron chi connectivity index (χ1n) is 10.1. The molecule has 0 N–H and O–H groups in total. The van der Waals surface area contributed by atoms with Gasteiger partial charge >= 0.3 is 0 Å². The highest BCUT2D eigenvalue weighted by molar-refractivity contribution is 5.91. The Morgan fingerprint density at radius 2 is 1.11 bits per heavy atom. The summed E-state index contributed by atoms with van der Waals surface area (Å²) in [6.45, 7) is 16.3. The predicted octanol–water partition coefficient (Wildman–Crippen LogP) is 7.22. The molecule has 0 nitrogen and oxygen atoms in total. The highest BCUT2D eigenvalue weighted by Gasteiger charge is 2.42. The Kier molecular flexibility index (Phi) is 3.07. The molecular formula is C27H28. The molecule has 5 rings (SSSR count). The maximum atomic E-state index is 2.51. The number of fused-ring (bicyclic) bond motifs is 6. The Morgan fingerprint density at radius 3 is 1.74 bits per heavy atom. The van der Waals surface area contributed by atoms with Crippen LogP contribution in [0.4, 0.5) is 0 Å². The zero-order valence-corrected chi connectivity index (χ0v) is 17.5. The van der Waals surface area contributed by atoms with Gasteiger partial charge in [0.05, 0.1) is 0 Å². The first-order chi connectivity index (χ1) is 12.6. The van der Waals surface area contributed by atoms with Crippen LogP contribution in [0.25, 0.3) is 22.3 Å². The van der Waals surface area contributed by atoms with E-state index in [1.807, 2.05) is 0 Å². The van der Waals surface area contributed by atoms with E-state index in [1.54, 1.807) is 0 Å². The molecule has 0 unspecified atom stereocenters. The van der Waals surface area contributed by atoms with Crippen molar-refractivity contribution >= 4 is 0 Å². The molecule has 0 aliphatic heterocycles. The molecule has 0 amide bonds. The summed E-state index contributed by atoms with van der Waals surface area (Å²) in [5, 5.41) is 0. The van der Waals surface area contributed by atoms with E-state index in [1.165, 1.54) is 61.2 Å². The van der Waals surface area contributed by atoms with Crippen LogP contribution in [0, 0.1) is 20.8 Å². The molecule has 27 heavy (non-hydrogen) atoms. The average Bonchev–Trinajstić information content (AvgIpc) is 2.94. The van der Waals surface area contributed by atoms with E-state index in [2.05, 4.69) is 90.9 Å². The largest absolute Gasteiger partial charge is 0.0617 e. The number of hydrogen-bond donors (Lipinski definition) is 0. The second-order valence-electron chi connectivity index (χ2n) is 9.70. The number of rotatable bonds is 0. The van der Waals surface area contributed by atoms with Crippen LogP contribution in [-0.2, 0) is 10.8 Å². The molecule has 3 aromatic rings. The van der Waals surface area contributed by atoms with Crippen LogP contribution in [0.15, 0.2) is 42.5 Å². The van der Waals surface area contributed by atoms with Gasteiger partial charge in [-0.15, -0.1) is 0 Å². The first kappa shape index (κ1) is 16.8. The van der Waals surface area contributed by atoms with Crippen LogP contribution in [0.5, 0.6) is 0 Å². The van der Waals surface area contributed by atoms with Crippen molar-refractivity contribution in [1.29, 1.82) is 0 Å². The van der Waals surface area contributed by atoms with Gasteiger partial charge in [-0.2, -0.15) is 0 Å². The van der Waals surface area contributed by atoms with Crippen LogP contribution in [0.3, 0.4) is 0 Å². The van der Waals surface area contributed by atoms with E-state index in [0.717, 1.165) is 0 Å². The third kappa shape index (κ3) is 1.94. The van der Waals surface area contributed by atoms with Crippen LogP contribution in [-0.4, -0.2) is 0 Å². The molecular weight excluding hydrogens is 324 g/mol. The fourth-order valence-corrected chi connectivity index (χ4v) is 5.70. The third-order valence-electron chi connectivity index (χ3n) is 7.14. The standard InChI is InChI=1S/C27H28/c1-15-11-17(3)25-19-14-21-18(13-22(19)27(6,7)23(25)12-15)24-16(2)9-8-10-20(24)26(21,4)5/h8-14H,1-7H3. The van der Waals surface area contributed by atoms with Crippen molar-refractivity contribution in [2.45, 2.75) is 59.3 Å². The van der Waals surface area contributed by atoms with Crippen molar-refractivity contribution in [1.82, 2.24) is 0 Å². The summed E-state index contributed by atoms with van der Waals surface area (Å²) in [6, 6.07) is 16.5. The summed E-state index contributed by atoms with van der Waals surface area (Å²) in [5.41, 5.74) is 16.0. The normalized spacial score (nSPS) is 17.3. The van der Waals surface area contributed by atoms with Gasteiger partial charge in [-0.25, -0.2) is 0 Å². The summed E-state index contributed by atoms with van der Waals surface area (Å²) in [7, 11) is 0. The van der Waals surface area contributed by atoms with Gasteiger partial charge in [-0.3, -0.25) is 0 Å². The molecule has 0 aromatic heterocycles. The number of hydrogen-bond acceptors (Lipinski definition) is 0. The Hall–Kier alpha value is -2.34. The van der Waals surface area contributed by atoms with E-state index in [-0.39, 0.29) is 10.8 Å². The van der Waals surface area contributed by atoms with E-state index in [4.69, 9.17) is 0 Å². The molecule has 0 saturated carbocycles. The Bertz CT molecular complexity index is 1140. The Labute approximate surface area is 163 Å². The van der Waals surface area contributed by atoms with E-state index < -0.39 is 0 Å². The molecule has 3 aromatic carbocycles. The quantitative estimate of drug-likeness (QED) is 0.400. The fourth-order valence-electron chi connectivity index (χ4n) is 5.70. The minimum Gasteiger partial charge on any atom is -0.0617 e. The van der Waals surface area contributed by atoms with Crippen LogP contribution in [0.2, 0.25) is 0 Å². The lowest BCUT2D eigenvalue weighted by Gasteiger charge is -2.24. The first-order valence-corrected chi connectivity index (χ1v) is 10.1. The topological polar surface area (TPSA) is 0 Å². The molecule has 0 radical (unpaired) electrons. The summed E-state index contributed by atoms with van der Waals surface area (Å²) in [6.07, 6.45) is 0. The zero-order chi connectivity index (χ0) is 19.3. The smallest absolute Gasteiger partial charge is 0.0159 e. The van der Waals surface area contributed by atoms with Gasteiger partial charge in [0.25, 0.3) is 0 Å². The summed E-state index contributed by atoms with van der Waals surface area (Å²) in [5.74, 6) is 0. The van der Waals surface area contributed by atoms with Gasteiger partial charge < -0.3 is 0 Å². The average molecular weight is 353 g/mol. The van der Waals surface area contributed by atoms with Crippen molar-refractivity contribution < 1.29 is 0 Å². The van der Waals surface area contributed by atoms with E-state index in [9.17, 15) is 0 Å². The maximum absolute atomic E-state index is 2.51. The SMILES string of the molecule is Cc1cc(C)c2c(c1)C(C)(C)c1cc3c(cc1-2)C(C)(C)c1cccc(C)c1-3. The molecule has 0 spiro atoms. The van der Waals surface area contributed by atoms with Gasteiger partial charge in [0.15, 0.2) is 0 Å². The Morgan fingerprint density at radius 1 is 0.556 bits per heavy atom. The summed E-state index contributed by atoms with van der Waals surface area (Å²) >= 11 is 0. The highest BCUT2D eigenvalue weighted by atomic mass is 14.4. The number of aryl methyl sites for hydroxylation is 3. The predicted molar refractivity (Wildman–Crippen MR) is 116 cm³/mol. The molecule has 136 valence electrons. The van der Waals surface area contributed by atoms with E-state index in [0.29, 0.717) is 0 Å². The minimum absolute atomic E-state index is 0.0477. The van der Waals surface area contributed by atoms with Gasteiger partial charge in [-0.1, -0.05) is 63.6 Å². The lowest BCUT2D eigenvalue weighted by Crippen LogP contribution is -2.17. The maximum Gasteiger partial charge on any atom is 0.0159 e. The number of benzene rings is 3. The summed E-state index contributed by atoms with van der Waals surface area (Å²) in [4.78, 5) is 0. The monoisotopic (exact) mass is 352 g/mol. The minimum atomic E-state index is 0.0477. The van der Waals surface area contributed by atoms with Crippen LogP contribution >= 0.6 is 0 Å². The van der Waals surface area contributed by atoms with Gasteiger partial charge in [0.2, 0.25) is 0 Å². The molecule has 0 heterocycles. The lowest BCUT2D eigenvalue weighted by atomic mass is 9.79. The van der Waals surface area contributed by atoms with Crippen molar-refractivity contribution in [3.8, 4) is 22.3 Å². The molecule has 0 atom stereocenters. The van der Waals surface area contributed by atoms with Gasteiger partial charge in [0, 0.05) is 10.8 Å². The van der Waals surface area contributed by atoms with Crippen molar-refractivity contribution in [2.75, 3.05) is 0 Å². The van der Waals surface area contributed by atoms with Gasteiger partial charge in [-0.05, 0) is 88.5 Å². The summed E-state index contributed by atoms with van der Waals surface area (Å²) < 4.78 is 0. The van der Waals surface area contributed by atoms with E-state index >= 15 is 0 Å².